The largest absolute Gasteiger partial charge is 0.0746 e. The monoisotopic (exact) mass is 136 g/mol. The minimum atomic E-state index is 0.205. The molecule has 0 spiro atoms. The molecular formula is C9H17B. The summed E-state index contributed by atoms with van der Waals surface area (Å²) in [5, 5.41) is 0.205. The zero-order valence-corrected chi connectivity index (χ0v) is 7.03. The van der Waals surface area contributed by atoms with E-state index in [0.29, 0.717) is 0 Å². The highest BCUT2D eigenvalue weighted by Gasteiger charge is 2.22. The van der Waals surface area contributed by atoms with Crippen molar-refractivity contribution in [3.8, 4) is 0 Å². The van der Waals surface area contributed by atoms with Crippen LogP contribution in [0.5, 0.6) is 0 Å². The van der Waals surface area contributed by atoms with Crippen molar-refractivity contribution in [1.29, 1.82) is 0 Å². The van der Waals surface area contributed by atoms with Gasteiger partial charge in [-0.2, -0.15) is 0 Å². The topological polar surface area (TPSA) is 0 Å². The Labute approximate surface area is 65.8 Å². The van der Waals surface area contributed by atoms with Gasteiger partial charge in [0.2, 0.25) is 0 Å². The van der Waals surface area contributed by atoms with Crippen LogP contribution in [0.4, 0.5) is 0 Å². The molecule has 1 rings (SSSR count). The highest BCUT2D eigenvalue weighted by Crippen LogP contribution is 2.41. The molecule has 0 aromatic rings. The second-order valence-electron chi connectivity index (χ2n) is 3.63. The Hall–Kier alpha value is 0.0649. The minimum Gasteiger partial charge on any atom is -0.0663 e. The van der Waals surface area contributed by atoms with E-state index in [9.17, 15) is 0 Å². The summed E-state index contributed by atoms with van der Waals surface area (Å²) in [5.74, 6) is 0. The maximum absolute atomic E-state index is 6.16. The van der Waals surface area contributed by atoms with E-state index >= 15 is 0 Å². The lowest BCUT2D eigenvalue weighted by atomic mass is 9.62. The summed E-state index contributed by atoms with van der Waals surface area (Å²) in [7, 11) is 6.16. The van der Waals surface area contributed by atoms with Crippen LogP contribution in [0.15, 0.2) is 0 Å². The second kappa shape index (κ2) is 3.45. The molecule has 0 saturated heterocycles. The highest BCUT2D eigenvalue weighted by molar-refractivity contribution is 6.15. The van der Waals surface area contributed by atoms with Crippen LogP contribution in [-0.4, -0.2) is 7.85 Å². The first-order valence-corrected chi connectivity index (χ1v) is 4.56. The van der Waals surface area contributed by atoms with E-state index < -0.39 is 0 Å². The fraction of sp³-hybridized carbons (Fsp3) is 1.00. The van der Waals surface area contributed by atoms with Gasteiger partial charge in [0.1, 0.15) is 0 Å². The van der Waals surface area contributed by atoms with Crippen LogP contribution >= 0.6 is 0 Å². The standard InChI is InChI=1S/C9H17B/c1-2-9(10)7-5-3-4-6-8-9/h2-8H2,1H3. The molecule has 0 heterocycles. The van der Waals surface area contributed by atoms with Crippen molar-refractivity contribution in [2.24, 2.45) is 0 Å². The summed E-state index contributed by atoms with van der Waals surface area (Å²) in [6.45, 7) is 2.21. The van der Waals surface area contributed by atoms with Gasteiger partial charge < -0.3 is 0 Å². The molecular weight excluding hydrogens is 119 g/mol. The Morgan fingerprint density at radius 1 is 1.10 bits per heavy atom. The molecule has 0 aromatic carbocycles. The lowest BCUT2D eigenvalue weighted by molar-refractivity contribution is 0.472. The number of rotatable bonds is 1. The average Bonchev–Trinajstić information content (AvgIpc) is 2.15. The Morgan fingerprint density at radius 2 is 1.60 bits per heavy atom. The average molecular weight is 136 g/mol. The molecule has 0 aromatic heterocycles. The molecule has 1 aliphatic carbocycles. The molecule has 0 nitrogen and oxygen atoms in total. The molecule has 1 heteroatoms. The van der Waals surface area contributed by atoms with Gasteiger partial charge in [-0.3, -0.25) is 0 Å². The van der Waals surface area contributed by atoms with Gasteiger partial charge >= 0.3 is 0 Å². The van der Waals surface area contributed by atoms with Gasteiger partial charge in [0.15, 0.2) is 0 Å². The molecule has 1 fully saturated rings. The molecule has 0 aliphatic heterocycles. The van der Waals surface area contributed by atoms with Gasteiger partial charge in [-0.1, -0.05) is 57.2 Å². The van der Waals surface area contributed by atoms with E-state index in [-0.39, 0.29) is 5.31 Å². The van der Waals surface area contributed by atoms with Gasteiger partial charge in [0.25, 0.3) is 0 Å². The predicted octanol–water partition coefficient (Wildman–Crippen LogP) is 3.08. The van der Waals surface area contributed by atoms with Crippen LogP contribution in [0.2, 0.25) is 5.31 Å². The third-order valence-electron chi connectivity index (χ3n) is 2.80. The summed E-state index contributed by atoms with van der Waals surface area (Å²) in [6, 6.07) is 0. The zero-order chi connectivity index (χ0) is 7.45. The number of hydrogen-bond acceptors (Lipinski definition) is 0. The first kappa shape index (κ1) is 8.16. The van der Waals surface area contributed by atoms with Gasteiger partial charge in [-0.05, 0) is 0 Å². The van der Waals surface area contributed by atoms with Crippen molar-refractivity contribution in [3.63, 3.8) is 0 Å². The quantitative estimate of drug-likeness (QED) is 0.383. The van der Waals surface area contributed by atoms with Crippen molar-refractivity contribution in [2.45, 2.75) is 57.2 Å². The normalized spacial score (nSPS) is 25.7. The highest BCUT2D eigenvalue weighted by atomic mass is 14.2. The van der Waals surface area contributed by atoms with E-state index in [1.54, 1.807) is 0 Å². The van der Waals surface area contributed by atoms with Gasteiger partial charge in [-0.25, -0.2) is 0 Å². The molecule has 0 atom stereocenters. The fourth-order valence-corrected chi connectivity index (χ4v) is 1.79. The van der Waals surface area contributed by atoms with Crippen molar-refractivity contribution >= 4 is 7.85 Å². The summed E-state index contributed by atoms with van der Waals surface area (Å²) in [6.07, 6.45) is 9.17. The van der Waals surface area contributed by atoms with E-state index in [0.717, 1.165) is 6.42 Å². The Balaban J connectivity index is 2.41. The summed E-state index contributed by atoms with van der Waals surface area (Å²) in [5.41, 5.74) is 0. The predicted molar refractivity (Wildman–Crippen MR) is 46.4 cm³/mol. The first-order valence-electron chi connectivity index (χ1n) is 4.56. The number of hydrogen-bond donors (Lipinski definition) is 0. The van der Waals surface area contributed by atoms with Crippen molar-refractivity contribution in [1.82, 2.24) is 0 Å². The second-order valence-corrected chi connectivity index (χ2v) is 3.63. The summed E-state index contributed by atoms with van der Waals surface area (Å²) >= 11 is 0. The molecule has 1 saturated carbocycles. The summed E-state index contributed by atoms with van der Waals surface area (Å²) in [4.78, 5) is 0. The SMILES string of the molecule is [B]C1(CC)CCCCCC1. The van der Waals surface area contributed by atoms with E-state index in [1.165, 1.54) is 38.5 Å². The van der Waals surface area contributed by atoms with Crippen molar-refractivity contribution < 1.29 is 0 Å². The van der Waals surface area contributed by atoms with Crippen LogP contribution in [-0.2, 0) is 0 Å². The van der Waals surface area contributed by atoms with E-state index in [1.807, 2.05) is 0 Å². The maximum atomic E-state index is 6.16. The minimum absolute atomic E-state index is 0.205. The molecule has 0 amide bonds. The van der Waals surface area contributed by atoms with Crippen LogP contribution in [0, 0.1) is 0 Å². The van der Waals surface area contributed by atoms with Crippen LogP contribution in [0.3, 0.4) is 0 Å². The molecule has 10 heavy (non-hydrogen) atoms. The fourth-order valence-electron chi connectivity index (χ4n) is 1.79. The van der Waals surface area contributed by atoms with Crippen LogP contribution in [0.25, 0.3) is 0 Å². The van der Waals surface area contributed by atoms with Gasteiger partial charge in [0.05, 0.1) is 7.85 Å². The zero-order valence-electron chi connectivity index (χ0n) is 7.03. The lowest BCUT2D eigenvalue weighted by Gasteiger charge is -2.26. The first-order chi connectivity index (χ1) is 4.77. The van der Waals surface area contributed by atoms with Gasteiger partial charge in [-0.15, -0.1) is 0 Å². The van der Waals surface area contributed by atoms with E-state index in [4.69, 9.17) is 7.85 Å². The summed E-state index contributed by atoms with van der Waals surface area (Å²) < 4.78 is 0. The molecule has 2 radical (unpaired) electrons. The molecule has 0 N–H and O–H groups in total. The maximum Gasteiger partial charge on any atom is 0.0746 e. The molecule has 1 aliphatic rings. The van der Waals surface area contributed by atoms with Crippen molar-refractivity contribution in [3.05, 3.63) is 0 Å². The molecule has 56 valence electrons. The third-order valence-corrected chi connectivity index (χ3v) is 2.80. The third kappa shape index (κ3) is 2.03. The lowest BCUT2D eigenvalue weighted by Crippen LogP contribution is -2.09. The smallest absolute Gasteiger partial charge is 0.0663 e. The van der Waals surface area contributed by atoms with E-state index in [2.05, 4.69) is 6.92 Å². The Morgan fingerprint density at radius 3 is 2.00 bits per heavy atom. The van der Waals surface area contributed by atoms with Crippen molar-refractivity contribution in [2.75, 3.05) is 0 Å². The Bertz CT molecular complexity index is 90.9. The van der Waals surface area contributed by atoms with Crippen LogP contribution < -0.4 is 0 Å². The van der Waals surface area contributed by atoms with Crippen LogP contribution in [0.1, 0.15) is 51.9 Å². The Kier molecular flexibility index (Phi) is 2.82. The molecule has 0 unspecified atom stereocenters. The molecule has 0 bridgehead atoms. The van der Waals surface area contributed by atoms with Gasteiger partial charge in [0, 0.05) is 0 Å².